The van der Waals surface area contributed by atoms with Gasteiger partial charge in [-0.05, 0) is 12.5 Å². The first kappa shape index (κ1) is 14.8. The molecule has 2 heterocycles. The van der Waals surface area contributed by atoms with Gasteiger partial charge in [0.25, 0.3) is 0 Å². The fraction of sp³-hybridized carbons (Fsp3) is 0.385. The van der Waals surface area contributed by atoms with Crippen molar-refractivity contribution in [2.45, 2.75) is 13.5 Å². The molecule has 0 fully saturated rings. The van der Waals surface area contributed by atoms with Crippen molar-refractivity contribution < 1.29 is 9.47 Å². The average Bonchev–Trinajstić information content (AvgIpc) is 2.53. The van der Waals surface area contributed by atoms with E-state index in [9.17, 15) is 0 Å². The predicted molar refractivity (Wildman–Crippen MR) is 78.7 cm³/mol. The maximum atomic E-state index is 5.05. The molecular weight excluding hydrogens is 272 g/mol. The van der Waals surface area contributed by atoms with E-state index in [1.54, 1.807) is 19.4 Å². The molecule has 8 heteroatoms. The number of anilines is 2. The van der Waals surface area contributed by atoms with Crippen molar-refractivity contribution in [2.75, 3.05) is 31.4 Å². The lowest BCUT2D eigenvalue weighted by Gasteiger charge is -2.08. The smallest absolute Gasteiger partial charge is 0.322 e. The largest absolute Gasteiger partial charge is 0.481 e. The third kappa shape index (κ3) is 4.16. The Balaban J connectivity index is 2.05. The van der Waals surface area contributed by atoms with Gasteiger partial charge in [0.2, 0.25) is 17.8 Å². The Kier molecular flexibility index (Phi) is 5.08. The minimum absolute atomic E-state index is 0.260. The average molecular weight is 290 g/mol. The molecule has 2 rings (SSSR count). The van der Waals surface area contributed by atoms with E-state index >= 15 is 0 Å². The number of methoxy groups -OCH3 is 2. The molecule has 0 saturated heterocycles. The Hall–Kier alpha value is -2.64. The maximum absolute atomic E-state index is 5.05. The van der Waals surface area contributed by atoms with E-state index in [1.165, 1.54) is 7.11 Å². The van der Waals surface area contributed by atoms with E-state index in [2.05, 4.69) is 30.6 Å². The SMILES string of the molecule is CCNc1nc(NCc2ccc(OC)nc2)nc(OC)n1. The normalized spacial score (nSPS) is 10.0. The number of hydrogen-bond acceptors (Lipinski definition) is 8. The molecule has 0 aromatic carbocycles. The van der Waals surface area contributed by atoms with Crippen LogP contribution in [0, 0.1) is 0 Å². The van der Waals surface area contributed by atoms with Gasteiger partial charge in [-0.3, -0.25) is 0 Å². The molecule has 0 aliphatic rings. The summed E-state index contributed by atoms with van der Waals surface area (Å²) < 4.78 is 10.1. The first-order valence-electron chi connectivity index (χ1n) is 6.52. The van der Waals surface area contributed by atoms with Gasteiger partial charge in [-0.15, -0.1) is 0 Å². The molecule has 0 radical (unpaired) electrons. The lowest BCUT2D eigenvalue weighted by atomic mass is 10.3. The van der Waals surface area contributed by atoms with E-state index in [-0.39, 0.29) is 6.01 Å². The predicted octanol–water partition coefficient (Wildman–Crippen LogP) is 1.33. The number of nitrogens with zero attached hydrogens (tertiary/aromatic N) is 4. The van der Waals surface area contributed by atoms with E-state index in [0.717, 1.165) is 12.1 Å². The first-order chi connectivity index (χ1) is 10.2. The topological polar surface area (TPSA) is 94.1 Å². The molecule has 0 spiro atoms. The van der Waals surface area contributed by atoms with Crippen LogP contribution < -0.4 is 20.1 Å². The molecule has 0 bridgehead atoms. The summed E-state index contributed by atoms with van der Waals surface area (Å²) in [7, 11) is 3.10. The van der Waals surface area contributed by atoms with Crippen molar-refractivity contribution >= 4 is 11.9 Å². The molecule has 0 aliphatic heterocycles. The van der Waals surface area contributed by atoms with Gasteiger partial charge < -0.3 is 20.1 Å². The van der Waals surface area contributed by atoms with Gasteiger partial charge in [-0.1, -0.05) is 6.07 Å². The highest BCUT2D eigenvalue weighted by molar-refractivity contribution is 5.36. The molecule has 2 N–H and O–H groups in total. The summed E-state index contributed by atoms with van der Waals surface area (Å²) in [6.07, 6.45) is 1.73. The lowest BCUT2D eigenvalue weighted by Crippen LogP contribution is -2.10. The third-order valence-electron chi connectivity index (χ3n) is 2.59. The number of hydrogen-bond donors (Lipinski definition) is 2. The van der Waals surface area contributed by atoms with Crippen molar-refractivity contribution in [1.82, 2.24) is 19.9 Å². The Morgan fingerprint density at radius 3 is 2.33 bits per heavy atom. The maximum Gasteiger partial charge on any atom is 0.322 e. The van der Waals surface area contributed by atoms with Crippen LogP contribution in [0.5, 0.6) is 11.9 Å². The first-order valence-corrected chi connectivity index (χ1v) is 6.52. The number of ether oxygens (including phenoxy) is 2. The quantitative estimate of drug-likeness (QED) is 0.788. The second kappa shape index (κ2) is 7.22. The Morgan fingerprint density at radius 2 is 1.76 bits per heavy atom. The van der Waals surface area contributed by atoms with Crippen LogP contribution in [-0.2, 0) is 6.54 Å². The van der Waals surface area contributed by atoms with Gasteiger partial charge >= 0.3 is 6.01 Å². The van der Waals surface area contributed by atoms with E-state index in [0.29, 0.717) is 24.3 Å². The highest BCUT2D eigenvalue weighted by Crippen LogP contribution is 2.12. The summed E-state index contributed by atoms with van der Waals surface area (Å²) in [5.41, 5.74) is 0.986. The molecule has 2 aromatic rings. The van der Waals surface area contributed by atoms with Crippen LogP contribution in [0.2, 0.25) is 0 Å². The van der Waals surface area contributed by atoms with Crippen LogP contribution in [0.3, 0.4) is 0 Å². The Morgan fingerprint density at radius 1 is 1.00 bits per heavy atom. The summed E-state index contributed by atoms with van der Waals surface area (Å²) in [4.78, 5) is 16.6. The molecule has 0 aliphatic carbocycles. The molecule has 2 aromatic heterocycles. The van der Waals surface area contributed by atoms with Crippen LogP contribution in [0.1, 0.15) is 12.5 Å². The highest BCUT2D eigenvalue weighted by Gasteiger charge is 2.06. The van der Waals surface area contributed by atoms with Gasteiger partial charge in [0.05, 0.1) is 14.2 Å². The fourth-order valence-electron chi connectivity index (χ4n) is 1.58. The van der Waals surface area contributed by atoms with Gasteiger partial charge in [0, 0.05) is 25.4 Å². The zero-order valence-corrected chi connectivity index (χ0v) is 12.3. The summed E-state index contributed by atoms with van der Waals surface area (Å²) >= 11 is 0. The van der Waals surface area contributed by atoms with E-state index < -0.39 is 0 Å². The molecule has 0 saturated carbocycles. The number of rotatable bonds is 7. The van der Waals surface area contributed by atoms with Crippen LogP contribution in [0.4, 0.5) is 11.9 Å². The van der Waals surface area contributed by atoms with Gasteiger partial charge in [0.1, 0.15) is 0 Å². The van der Waals surface area contributed by atoms with Crippen LogP contribution in [0.15, 0.2) is 18.3 Å². The zero-order chi connectivity index (χ0) is 15.1. The molecule has 21 heavy (non-hydrogen) atoms. The third-order valence-corrected chi connectivity index (χ3v) is 2.59. The zero-order valence-electron chi connectivity index (χ0n) is 12.3. The summed E-state index contributed by atoms with van der Waals surface area (Å²) in [6, 6.07) is 3.98. The second-order valence-electron chi connectivity index (χ2n) is 4.06. The highest BCUT2D eigenvalue weighted by atomic mass is 16.5. The standard InChI is InChI=1S/C13H18N6O2/c1-4-14-11-17-12(19-13(18-11)21-3)16-8-9-5-6-10(20-2)15-7-9/h5-7H,4,8H2,1-3H3,(H2,14,16,17,18,19). The molecule has 112 valence electrons. The van der Waals surface area contributed by atoms with Crippen molar-refractivity contribution in [3.63, 3.8) is 0 Å². The summed E-state index contributed by atoms with van der Waals surface area (Å²) in [5.74, 6) is 1.49. The molecule has 0 atom stereocenters. The van der Waals surface area contributed by atoms with Crippen LogP contribution >= 0.6 is 0 Å². The second-order valence-corrected chi connectivity index (χ2v) is 4.06. The Labute approximate surface area is 123 Å². The van der Waals surface area contributed by atoms with Crippen molar-refractivity contribution in [3.8, 4) is 11.9 Å². The van der Waals surface area contributed by atoms with Crippen LogP contribution in [0.25, 0.3) is 0 Å². The number of pyridine rings is 1. The fourth-order valence-corrected chi connectivity index (χ4v) is 1.58. The minimum Gasteiger partial charge on any atom is -0.481 e. The van der Waals surface area contributed by atoms with Gasteiger partial charge in [-0.25, -0.2) is 4.98 Å². The summed E-state index contributed by atoms with van der Waals surface area (Å²) in [5, 5.41) is 6.13. The van der Waals surface area contributed by atoms with Crippen molar-refractivity contribution in [2.24, 2.45) is 0 Å². The monoisotopic (exact) mass is 290 g/mol. The summed E-state index contributed by atoms with van der Waals surface area (Å²) in [6.45, 7) is 3.22. The number of nitrogens with one attached hydrogen (secondary N) is 2. The molecular formula is C13H18N6O2. The Bertz CT molecular complexity index is 575. The molecule has 0 unspecified atom stereocenters. The van der Waals surface area contributed by atoms with E-state index in [4.69, 9.17) is 9.47 Å². The van der Waals surface area contributed by atoms with Gasteiger partial charge in [-0.2, -0.15) is 15.0 Å². The lowest BCUT2D eigenvalue weighted by molar-refractivity contribution is 0.379. The van der Waals surface area contributed by atoms with Crippen molar-refractivity contribution in [1.29, 1.82) is 0 Å². The van der Waals surface area contributed by atoms with Crippen LogP contribution in [-0.4, -0.2) is 40.7 Å². The number of aromatic nitrogens is 4. The van der Waals surface area contributed by atoms with Crippen molar-refractivity contribution in [3.05, 3.63) is 23.9 Å². The van der Waals surface area contributed by atoms with Gasteiger partial charge in [0.15, 0.2) is 0 Å². The minimum atomic E-state index is 0.260. The molecule has 8 nitrogen and oxygen atoms in total. The van der Waals surface area contributed by atoms with E-state index in [1.807, 2.05) is 13.0 Å². The molecule has 0 amide bonds.